The molecule has 0 aromatic carbocycles. The Hall–Kier alpha value is -0.670. The highest BCUT2D eigenvalue weighted by Crippen LogP contribution is 2.37. The minimum absolute atomic E-state index is 0.375. The van der Waals surface area contributed by atoms with Crippen molar-refractivity contribution in [2.75, 3.05) is 23.3 Å². The van der Waals surface area contributed by atoms with E-state index in [4.69, 9.17) is 23.2 Å². The highest BCUT2D eigenvalue weighted by Gasteiger charge is 2.31. The minimum atomic E-state index is 0.375. The second kappa shape index (κ2) is 2.91. The quantitative estimate of drug-likeness (QED) is 0.693. The molecule has 3 heterocycles. The molecular weight excluding hydrogens is 221 g/mol. The molecule has 1 unspecified atom stereocenters. The number of fused-ring (bicyclic) bond motifs is 4. The fourth-order valence-electron chi connectivity index (χ4n) is 2.09. The first-order valence-corrected chi connectivity index (χ1v) is 5.37. The van der Waals surface area contributed by atoms with Crippen molar-refractivity contribution in [2.45, 2.75) is 12.5 Å². The Bertz CT molecular complexity index is 394. The van der Waals surface area contributed by atoms with Gasteiger partial charge < -0.3 is 10.2 Å². The highest BCUT2D eigenvalue weighted by molar-refractivity contribution is 6.41. The average molecular weight is 230 g/mol. The van der Waals surface area contributed by atoms with Gasteiger partial charge in [0.05, 0.1) is 10.7 Å². The maximum atomic E-state index is 5.93. The van der Waals surface area contributed by atoms with Gasteiger partial charge in [-0.15, -0.1) is 0 Å². The Morgan fingerprint density at radius 3 is 3.21 bits per heavy atom. The summed E-state index contributed by atoms with van der Waals surface area (Å²) in [7, 11) is 0. The van der Waals surface area contributed by atoms with Crippen LogP contribution in [-0.4, -0.2) is 24.1 Å². The molecule has 74 valence electrons. The number of anilines is 2. The Morgan fingerprint density at radius 1 is 1.50 bits per heavy atom. The topological polar surface area (TPSA) is 28.2 Å². The molecule has 0 aliphatic carbocycles. The van der Waals surface area contributed by atoms with Crippen molar-refractivity contribution in [3.05, 3.63) is 16.2 Å². The third kappa shape index (κ3) is 1.16. The molecule has 1 atom stereocenters. The van der Waals surface area contributed by atoms with Crippen LogP contribution in [0.15, 0.2) is 6.07 Å². The summed E-state index contributed by atoms with van der Waals surface area (Å²) < 4.78 is 0. The summed E-state index contributed by atoms with van der Waals surface area (Å²) in [5, 5.41) is 4.26. The molecule has 5 heteroatoms. The Morgan fingerprint density at radius 2 is 2.36 bits per heavy atom. The van der Waals surface area contributed by atoms with Gasteiger partial charge >= 0.3 is 0 Å². The van der Waals surface area contributed by atoms with Gasteiger partial charge in [0.1, 0.15) is 5.15 Å². The fraction of sp³-hybridized carbons (Fsp3) is 0.444. The van der Waals surface area contributed by atoms with Gasteiger partial charge in [-0.1, -0.05) is 23.2 Å². The van der Waals surface area contributed by atoms with E-state index in [0.29, 0.717) is 16.2 Å². The molecule has 2 aliphatic heterocycles. The molecule has 0 amide bonds. The lowest BCUT2D eigenvalue weighted by Crippen LogP contribution is -2.32. The maximum absolute atomic E-state index is 5.93. The Kier molecular flexibility index (Phi) is 1.79. The summed E-state index contributed by atoms with van der Waals surface area (Å²) >= 11 is 11.8. The summed E-state index contributed by atoms with van der Waals surface area (Å²) in [6.07, 6.45) is 1.16. The highest BCUT2D eigenvalue weighted by atomic mass is 35.5. The van der Waals surface area contributed by atoms with Crippen LogP contribution in [0.2, 0.25) is 10.2 Å². The molecular formula is C9H9Cl2N3. The number of hydrogen-bond donors (Lipinski definition) is 1. The van der Waals surface area contributed by atoms with E-state index >= 15 is 0 Å². The second-order valence-corrected chi connectivity index (χ2v) is 4.47. The molecule has 3 nitrogen and oxygen atoms in total. The smallest absolute Gasteiger partial charge is 0.151 e. The average Bonchev–Trinajstić information content (AvgIpc) is 2.54. The number of nitrogens with one attached hydrogen (secondary N) is 1. The molecule has 3 rings (SSSR count). The maximum Gasteiger partial charge on any atom is 0.151 e. The van der Waals surface area contributed by atoms with Crippen LogP contribution >= 0.6 is 23.2 Å². The van der Waals surface area contributed by atoms with Crippen molar-refractivity contribution in [3.63, 3.8) is 0 Å². The molecule has 1 fully saturated rings. The van der Waals surface area contributed by atoms with Gasteiger partial charge in [-0.05, 0) is 12.5 Å². The Balaban J connectivity index is 2.14. The van der Waals surface area contributed by atoms with E-state index in [1.807, 2.05) is 6.07 Å². The van der Waals surface area contributed by atoms with Gasteiger partial charge in [0.15, 0.2) is 5.82 Å². The summed E-state index contributed by atoms with van der Waals surface area (Å²) in [5.41, 5.74) is 1.08. The fourth-order valence-corrected chi connectivity index (χ4v) is 2.38. The van der Waals surface area contributed by atoms with Crippen molar-refractivity contribution < 1.29 is 0 Å². The van der Waals surface area contributed by atoms with Crippen molar-refractivity contribution in [2.24, 2.45) is 0 Å². The van der Waals surface area contributed by atoms with E-state index < -0.39 is 0 Å². The van der Waals surface area contributed by atoms with Crippen LogP contribution in [0.4, 0.5) is 11.5 Å². The monoisotopic (exact) mass is 229 g/mol. The molecule has 0 radical (unpaired) electrons. The molecule has 14 heavy (non-hydrogen) atoms. The lowest BCUT2D eigenvalue weighted by atomic mass is 10.2. The number of rotatable bonds is 0. The van der Waals surface area contributed by atoms with Crippen LogP contribution in [0, 0.1) is 0 Å². The summed E-state index contributed by atoms with van der Waals surface area (Å²) in [4.78, 5) is 6.53. The number of hydrogen-bond acceptors (Lipinski definition) is 3. The third-order valence-corrected chi connectivity index (χ3v) is 3.46. The van der Waals surface area contributed by atoms with Gasteiger partial charge in [0.25, 0.3) is 0 Å². The summed E-state index contributed by atoms with van der Waals surface area (Å²) in [5.74, 6) is 0.869. The van der Waals surface area contributed by atoms with Gasteiger partial charge in [0, 0.05) is 19.1 Å². The number of aromatic nitrogens is 1. The van der Waals surface area contributed by atoms with E-state index in [2.05, 4.69) is 15.2 Å². The van der Waals surface area contributed by atoms with Crippen LogP contribution < -0.4 is 10.2 Å². The van der Waals surface area contributed by atoms with Gasteiger partial charge in [-0.25, -0.2) is 4.98 Å². The number of pyridine rings is 1. The first-order chi connectivity index (χ1) is 6.74. The molecule has 0 spiro atoms. The number of halogens is 2. The van der Waals surface area contributed by atoms with Crippen LogP contribution in [0.5, 0.6) is 0 Å². The normalized spacial score (nSPS) is 23.3. The van der Waals surface area contributed by atoms with Crippen molar-refractivity contribution in [3.8, 4) is 0 Å². The summed E-state index contributed by atoms with van der Waals surface area (Å²) in [6, 6.07) is 2.41. The van der Waals surface area contributed by atoms with E-state index in [-0.39, 0.29) is 0 Å². The lowest BCUT2D eigenvalue weighted by molar-refractivity contribution is 0.788. The SMILES string of the molecule is Clc1cc2c(nc1Cl)NC1CCN2C1. The first kappa shape index (κ1) is 8.62. The van der Waals surface area contributed by atoms with Crippen molar-refractivity contribution in [1.29, 1.82) is 0 Å². The van der Waals surface area contributed by atoms with Gasteiger partial charge in [-0.3, -0.25) is 0 Å². The predicted octanol–water partition coefficient (Wildman–Crippen LogP) is 2.39. The Labute approximate surface area is 92.0 Å². The van der Waals surface area contributed by atoms with E-state index in [1.165, 1.54) is 0 Å². The second-order valence-electron chi connectivity index (χ2n) is 3.70. The standard InChI is InChI=1S/C9H9Cl2N3/c10-6-3-7-9(13-8(6)11)12-5-1-2-14(7)4-5/h3,5H,1-2,4H2,(H,12,13). The predicted molar refractivity (Wildman–Crippen MR) is 58.5 cm³/mol. The van der Waals surface area contributed by atoms with Gasteiger partial charge in [0.2, 0.25) is 0 Å². The minimum Gasteiger partial charge on any atom is -0.366 e. The van der Waals surface area contributed by atoms with Crippen LogP contribution in [0.1, 0.15) is 6.42 Å². The zero-order chi connectivity index (χ0) is 9.71. The van der Waals surface area contributed by atoms with Crippen LogP contribution in [0.25, 0.3) is 0 Å². The van der Waals surface area contributed by atoms with Crippen LogP contribution in [0.3, 0.4) is 0 Å². The van der Waals surface area contributed by atoms with Gasteiger partial charge in [-0.2, -0.15) is 0 Å². The zero-order valence-electron chi connectivity index (χ0n) is 7.43. The number of nitrogens with zero attached hydrogens (tertiary/aromatic N) is 2. The van der Waals surface area contributed by atoms with Crippen LogP contribution in [-0.2, 0) is 0 Å². The van der Waals surface area contributed by atoms with Crippen molar-refractivity contribution in [1.82, 2.24) is 4.98 Å². The third-order valence-electron chi connectivity index (χ3n) is 2.78. The molecule has 1 aromatic rings. The molecule has 1 aromatic heterocycles. The summed E-state index contributed by atoms with van der Waals surface area (Å²) in [6.45, 7) is 2.12. The largest absolute Gasteiger partial charge is 0.366 e. The first-order valence-electron chi connectivity index (χ1n) is 4.61. The van der Waals surface area contributed by atoms with E-state index in [1.54, 1.807) is 0 Å². The van der Waals surface area contributed by atoms with E-state index in [0.717, 1.165) is 31.0 Å². The molecule has 1 N–H and O–H groups in total. The molecule has 0 saturated carbocycles. The lowest BCUT2D eigenvalue weighted by Gasteiger charge is -2.27. The molecule has 1 saturated heterocycles. The zero-order valence-corrected chi connectivity index (χ0v) is 8.94. The van der Waals surface area contributed by atoms with Crippen molar-refractivity contribution >= 4 is 34.7 Å². The molecule has 2 bridgehead atoms. The molecule has 2 aliphatic rings. The van der Waals surface area contributed by atoms with E-state index in [9.17, 15) is 0 Å².